The van der Waals surface area contributed by atoms with Crippen molar-refractivity contribution in [3.8, 4) is 0 Å². The minimum Gasteiger partial charge on any atom is -0.447 e. The molecule has 1 spiro atoms. The lowest BCUT2D eigenvalue weighted by Crippen LogP contribution is -2.46. The zero-order valence-corrected chi connectivity index (χ0v) is 26.5. The Morgan fingerprint density at radius 1 is 1.18 bits per heavy atom. The van der Waals surface area contributed by atoms with Gasteiger partial charge in [-0.1, -0.05) is 19.1 Å². The maximum Gasteiger partial charge on any atom is 0.414 e. The SMILES string of the molecule is C[C@H]1[C@H]([Si](C)(C)O)[C@@H](CC(=O)N2CCC[C@H]2CO)O[C@]12C(=O)N(Cc1cccc(N3CCOC3=O)c1)c1ccc([N+](=O)[O-])cc12. The molecule has 3 amide bonds. The number of rotatable bonds is 8. The quantitative estimate of drug-likeness (QED) is 0.251. The highest BCUT2D eigenvalue weighted by atomic mass is 28.4. The number of nitro groups is 1. The van der Waals surface area contributed by atoms with E-state index in [1.54, 1.807) is 42.3 Å². The summed E-state index contributed by atoms with van der Waals surface area (Å²) >= 11 is 0. The van der Waals surface area contributed by atoms with Crippen molar-refractivity contribution in [3.63, 3.8) is 0 Å². The topological polar surface area (TPSA) is 163 Å². The van der Waals surface area contributed by atoms with Crippen LogP contribution in [0, 0.1) is 16.0 Å². The highest BCUT2D eigenvalue weighted by Gasteiger charge is 2.66. The average molecular weight is 639 g/mol. The number of nitro benzene ring substituents is 1. The largest absolute Gasteiger partial charge is 0.447 e. The summed E-state index contributed by atoms with van der Waals surface area (Å²) in [6, 6.07) is 11.2. The van der Waals surface area contributed by atoms with Gasteiger partial charge in [-0.05, 0) is 49.7 Å². The van der Waals surface area contributed by atoms with E-state index in [1.165, 1.54) is 21.9 Å². The van der Waals surface area contributed by atoms with Crippen molar-refractivity contribution in [2.75, 3.05) is 36.1 Å². The van der Waals surface area contributed by atoms with E-state index in [2.05, 4.69) is 0 Å². The van der Waals surface area contributed by atoms with Crippen LogP contribution in [0.3, 0.4) is 0 Å². The van der Waals surface area contributed by atoms with Gasteiger partial charge in [0.2, 0.25) is 5.91 Å². The van der Waals surface area contributed by atoms with E-state index in [0.717, 1.165) is 12.0 Å². The first kappa shape index (κ1) is 31.1. The molecule has 5 atom stereocenters. The fraction of sp³-hybridized carbons (Fsp3) is 0.516. The first-order chi connectivity index (χ1) is 21.4. The van der Waals surface area contributed by atoms with Gasteiger partial charge in [0.05, 0.1) is 48.9 Å². The van der Waals surface area contributed by atoms with Crippen LogP contribution in [0.25, 0.3) is 0 Å². The molecule has 4 aliphatic heterocycles. The van der Waals surface area contributed by atoms with Gasteiger partial charge < -0.3 is 29.2 Å². The molecule has 4 aliphatic rings. The molecule has 3 saturated heterocycles. The van der Waals surface area contributed by atoms with Gasteiger partial charge in [-0.3, -0.25) is 24.6 Å². The highest BCUT2D eigenvalue weighted by molar-refractivity contribution is 6.71. The average Bonchev–Trinajstić information content (AvgIpc) is 3.76. The number of hydrogen-bond acceptors (Lipinski definition) is 9. The molecule has 6 rings (SSSR count). The molecule has 0 saturated carbocycles. The minimum atomic E-state index is -3.09. The maximum atomic E-state index is 14.7. The number of cyclic esters (lactones) is 1. The Morgan fingerprint density at radius 3 is 2.62 bits per heavy atom. The third-order valence-corrected chi connectivity index (χ3v) is 12.3. The van der Waals surface area contributed by atoms with Gasteiger partial charge in [0.1, 0.15) is 6.61 Å². The van der Waals surface area contributed by atoms with Crippen LogP contribution < -0.4 is 9.80 Å². The molecule has 0 aromatic heterocycles. The number of hydrogen-bond donors (Lipinski definition) is 2. The summed E-state index contributed by atoms with van der Waals surface area (Å²) in [5, 5.41) is 21.7. The van der Waals surface area contributed by atoms with Gasteiger partial charge in [-0.15, -0.1) is 0 Å². The van der Waals surface area contributed by atoms with Crippen LogP contribution in [0.4, 0.5) is 21.9 Å². The second-order valence-electron chi connectivity index (χ2n) is 12.9. The van der Waals surface area contributed by atoms with Crippen molar-refractivity contribution < 1.29 is 38.7 Å². The number of carbonyl (C=O) groups is 3. The van der Waals surface area contributed by atoms with Gasteiger partial charge in [-0.25, -0.2) is 4.79 Å². The second-order valence-corrected chi connectivity index (χ2v) is 16.9. The Hall–Kier alpha value is -3.85. The van der Waals surface area contributed by atoms with Gasteiger partial charge in [0, 0.05) is 41.4 Å². The molecule has 2 aromatic carbocycles. The van der Waals surface area contributed by atoms with Crippen LogP contribution in [0.5, 0.6) is 0 Å². The Morgan fingerprint density at radius 2 is 1.96 bits per heavy atom. The number of aliphatic hydroxyl groups is 1. The number of amides is 3. The van der Waals surface area contributed by atoms with Crippen LogP contribution in [-0.2, 0) is 31.2 Å². The molecule has 2 aromatic rings. The summed E-state index contributed by atoms with van der Waals surface area (Å²) in [6.07, 6.45) is 0.116. The summed E-state index contributed by atoms with van der Waals surface area (Å²) in [5.41, 5.74) is -0.281. The van der Waals surface area contributed by atoms with Crippen LogP contribution in [0.1, 0.15) is 37.3 Å². The summed E-state index contributed by atoms with van der Waals surface area (Å²) < 4.78 is 11.8. The summed E-state index contributed by atoms with van der Waals surface area (Å²) in [6.45, 7) is 6.47. The molecule has 0 bridgehead atoms. The van der Waals surface area contributed by atoms with Crippen molar-refractivity contribution >= 4 is 43.3 Å². The number of nitrogens with zero attached hydrogens (tertiary/aromatic N) is 4. The lowest BCUT2D eigenvalue weighted by atomic mass is 9.82. The highest BCUT2D eigenvalue weighted by Crippen LogP contribution is 2.60. The molecule has 4 heterocycles. The number of likely N-dealkylation sites (tertiary alicyclic amines) is 1. The van der Waals surface area contributed by atoms with Crippen molar-refractivity contribution in [3.05, 3.63) is 63.7 Å². The third-order valence-electron chi connectivity index (χ3n) is 9.79. The van der Waals surface area contributed by atoms with E-state index < -0.39 is 48.4 Å². The fourth-order valence-corrected chi connectivity index (χ4v) is 10.4. The number of aliphatic hydroxyl groups excluding tert-OH is 1. The van der Waals surface area contributed by atoms with Gasteiger partial charge in [0.15, 0.2) is 13.9 Å². The van der Waals surface area contributed by atoms with Crippen molar-refractivity contribution in [2.45, 2.75) is 69.1 Å². The second kappa shape index (κ2) is 11.5. The van der Waals surface area contributed by atoms with Crippen LogP contribution in [0.15, 0.2) is 42.5 Å². The Labute approximate surface area is 261 Å². The lowest BCUT2D eigenvalue weighted by Gasteiger charge is -2.32. The molecule has 13 nitrogen and oxygen atoms in total. The van der Waals surface area contributed by atoms with E-state index >= 15 is 0 Å². The van der Waals surface area contributed by atoms with E-state index in [0.29, 0.717) is 36.4 Å². The van der Waals surface area contributed by atoms with Crippen LogP contribution in [-0.4, -0.2) is 84.4 Å². The molecule has 0 unspecified atom stereocenters. The molecule has 0 radical (unpaired) electrons. The van der Waals surface area contributed by atoms with E-state index in [4.69, 9.17) is 9.47 Å². The smallest absolute Gasteiger partial charge is 0.414 e. The molecule has 45 heavy (non-hydrogen) atoms. The van der Waals surface area contributed by atoms with Gasteiger partial charge >= 0.3 is 6.09 Å². The molecule has 240 valence electrons. The summed E-state index contributed by atoms with van der Waals surface area (Å²) in [7, 11) is -3.09. The first-order valence-electron chi connectivity index (χ1n) is 15.3. The Bertz CT molecular complexity index is 1550. The van der Waals surface area contributed by atoms with Crippen molar-refractivity contribution in [1.82, 2.24) is 4.90 Å². The zero-order chi connectivity index (χ0) is 32.3. The number of anilines is 2. The van der Waals surface area contributed by atoms with Gasteiger partial charge in [-0.2, -0.15) is 0 Å². The van der Waals surface area contributed by atoms with E-state index in [9.17, 15) is 34.4 Å². The van der Waals surface area contributed by atoms with Gasteiger partial charge in [0.25, 0.3) is 11.6 Å². The normalized spacial score (nSPS) is 27.9. The Balaban J connectivity index is 1.39. The van der Waals surface area contributed by atoms with E-state index in [1.807, 2.05) is 13.0 Å². The first-order valence-corrected chi connectivity index (χ1v) is 18.3. The van der Waals surface area contributed by atoms with Crippen molar-refractivity contribution in [2.24, 2.45) is 5.92 Å². The number of benzene rings is 2. The van der Waals surface area contributed by atoms with E-state index in [-0.39, 0.29) is 43.8 Å². The third kappa shape index (κ3) is 5.19. The maximum absolute atomic E-state index is 14.7. The number of ether oxygens (including phenoxy) is 2. The minimum absolute atomic E-state index is 0.0875. The molecule has 14 heteroatoms. The molecule has 3 fully saturated rings. The monoisotopic (exact) mass is 638 g/mol. The predicted octanol–water partition coefficient (Wildman–Crippen LogP) is 3.27. The zero-order valence-electron chi connectivity index (χ0n) is 25.5. The number of carbonyl (C=O) groups excluding carboxylic acids is 3. The molecule has 2 N–H and O–H groups in total. The molecular weight excluding hydrogens is 600 g/mol. The molecular formula is C31H38N4O9Si. The Kier molecular flexibility index (Phi) is 7.96. The molecule has 0 aliphatic carbocycles. The van der Waals surface area contributed by atoms with Crippen LogP contribution in [0.2, 0.25) is 18.6 Å². The van der Waals surface area contributed by atoms with Crippen molar-refractivity contribution in [1.29, 1.82) is 0 Å². The summed E-state index contributed by atoms with van der Waals surface area (Å²) in [5.74, 6) is -1.26. The number of fused-ring (bicyclic) bond motifs is 2. The van der Waals surface area contributed by atoms with Crippen LogP contribution >= 0.6 is 0 Å². The summed E-state index contributed by atoms with van der Waals surface area (Å²) in [4.78, 5) is 68.0. The predicted molar refractivity (Wildman–Crippen MR) is 165 cm³/mol. The fourth-order valence-electron chi connectivity index (χ4n) is 7.81. The number of non-ortho nitro benzene ring substituents is 1. The lowest BCUT2D eigenvalue weighted by molar-refractivity contribution is -0.385. The standard InChI is InChI=1S/C31H38N4O9Si/c1-19-28(45(2,3)42)26(16-27(37)32-11-5-8-23(32)18-36)44-31(19)24-15-22(35(40)41)9-10-25(24)34(29(31)38)17-20-6-4-7-21(14-20)33-12-13-43-30(33)39/h4,6-7,9-10,14-15,19,23,26,28,36,42H,5,8,11-13,16-18H2,1-3H3/t19-,23-,26+,28-,31+/m0/s1.